The molecule has 128 valence electrons. The van der Waals surface area contributed by atoms with Crippen molar-refractivity contribution in [2.75, 3.05) is 11.9 Å². The van der Waals surface area contributed by atoms with Crippen LogP contribution in [0.5, 0.6) is 0 Å². The Bertz CT molecular complexity index is 696. The van der Waals surface area contributed by atoms with E-state index < -0.39 is 5.91 Å². The van der Waals surface area contributed by atoms with Crippen LogP contribution in [0.3, 0.4) is 0 Å². The maximum Gasteiger partial charge on any atom is 0.244 e. The van der Waals surface area contributed by atoms with Crippen molar-refractivity contribution in [3.63, 3.8) is 0 Å². The standard InChI is InChI=1S/C17H18Cl2N2O3/c1-9-6-7-12(18)15(14(9)19)20-13(22)8-21-16(23)10-4-2-3-5-11(10)17(21)24/h6-7,10-11H,2-5,8H2,1H3,(H,20,22)/t10-,11+. The number of halogens is 2. The van der Waals surface area contributed by atoms with E-state index in [0.717, 1.165) is 36.1 Å². The Balaban J connectivity index is 1.73. The van der Waals surface area contributed by atoms with Crippen LogP contribution in [0, 0.1) is 18.8 Å². The van der Waals surface area contributed by atoms with Crippen molar-refractivity contribution < 1.29 is 14.4 Å². The number of amides is 3. The molecule has 1 saturated carbocycles. The van der Waals surface area contributed by atoms with E-state index in [9.17, 15) is 14.4 Å². The van der Waals surface area contributed by atoms with Crippen LogP contribution >= 0.6 is 23.2 Å². The highest BCUT2D eigenvalue weighted by Gasteiger charge is 2.48. The molecule has 1 aromatic rings. The van der Waals surface area contributed by atoms with E-state index in [1.54, 1.807) is 19.1 Å². The van der Waals surface area contributed by atoms with Crippen molar-refractivity contribution in [3.8, 4) is 0 Å². The van der Waals surface area contributed by atoms with Crippen LogP contribution in [0.25, 0.3) is 0 Å². The highest BCUT2D eigenvalue weighted by molar-refractivity contribution is 6.40. The van der Waals surface area contributed by atoms with Gasteiger partial charge in [0.1, 0.15) is 6.54 Å². The van der Waals surface area contributed by atoms with Gasteiger partial charge in [-0.1, -0.05) is 42.1 Å². The average molecular weight is 369 g/mol. The first-order chi connectivity index (χ1) is 11.4. The van der Waals surface area contributed by atoms with Gasteiger partial charge in [-0.3, -0.25) is 19.3 Å². The molecule has 1 saturated heterocycles. The second-order valence-electron chi connectivity index (χ2n) is 6.36. The summed E-state index contributed by atoms with van der Waals surface area (Å²) in [5.74, 6) is -1.47. The number of hydrogen-bond donors (Lipinski definition) is 1. The van der Waals surface area contributed by atoms with E-state index in [0.29, 0.717) is 15.7 Å². The third-order valence-corrected chi connectivity index (χ3v) is 5.58. The van der Waals surface area contributed by atoms with Gasteiger partial charge in [-0.15, -0.1) is 0 Å². The van der Waals surface area contributed by atoms with Crippen molar-refractivity contribution in [2.45, 2.75) is 32.6 Å². The zero-order chi connectivity index (χ0) is 17.4. The molecule has 7 heteroatoms. The number of rotatable bonds is 3. The van der Waals surface area contributed by atoms with Crippen molar-refractivity contribution in [1.82, 2.24) is 4.90 Å². The second kappa shape index (κ2) is 6.73. The molecule has 0 radical (unpaired) electrons. The highest BCUT2D eigenvalue weighted by Crippen LogP contribution is 2.38. The van der Waals surface area contributed by atoms with Gasteiger partial charge in [0.05, 0.1) is 27.6 Å². The molecule has 2 fully saturated rings. The summed E-state index contributed by atoms with van der Waals surface area (Å²) in [6, 6.07) is 3.39. The zero-order valence-electron chi connectivity index (χ0n) is 13.3. The van der Waals surface area contributed by atoms with Crippen molar-refractivity contribution in [2.24, 2.45) is 11.8 Å². The number of benzene rings is 1. The summed E-state index contributed by atoms with van der Waals surface area (Å²) in [6.45, 7) is 1.50. The molecule has 1 N–H and O–H groups in total. The van der Waals surface area contributed by atoms with Crippen molar-refractivity contribution >= 4 is 46.6 Å². The number of aryl methyl sites for hydroxylation is 1. The zero-order valence-corrected chi connectivity index (χ0v) is 14.8. The Morgan fingerprint density at radius 2 is 1.75 bits per heavy atom. The molecule has 3 amide bonds. The minimum Gasteiger partial charge on any atom is -0.322 e. The van der Waals surface area contributed by atoms with E-state index in [1.165, 1.54) is 0 Å². The van der Waals surface area contributed by atoms with E-state index in [-0.39, 0.29) is 30.2 Å². The Hall–Kier alpha value is -1.59. The predicted octanol–water partition coefficient (Wildman–Crippen LogP) is 3.42. The van der Waals surface area contributed by atoms with E-state index in [2.05, 4.69) is 5.32 Å². The number of nitrogens with zero attached hydrogens (tertiary/aromatic N) is 1. The molecule has 2 aliphatic rings. The summed E-state index contributed by atoms with van der Waals surface area (Å²) in [6.07, 6.45) is 3.36. The first-order valence-corrected chi connectivity index (χ1v) is 8.75. The lowest BCUT2D eigenvalue weighted by Gasteiger charge is -2.19. The third-order valence-electron chi connectivity index (χ3n) is 4.78. The molecular weight excluding hydrogens is 351 g/mol. The second-order valence-corrected chi connectivity index (χ2v) is 7.15. The fourth-order valence-corrected chi connectivity index (χ4v) is 3.95. The van der Waals surface area contributed by atoms with Gasteiger partial charge in [-0.2, -0.15) is 0 Å². The number of imide groups is 1. The molecule has 1 heterocycles. The van der Waals surface area contributed by atoms with E-state index in [4.69, 9.17) is 23.2 Å². The molecule has 0 spiro atoms. The topological polar surface area (TPSA) is 66.5 Å². The lowest BCUT2D eigenvalue weighted by molar-refractivity contribution is -0.142. The summed E-state index contributed by atoms with van der Waals surface area (Å²) in [5, 5.41) is 3.28. The molecule has 2 atom stereocenters. The Morgan fingerprint density at radius 3 is 2.33 bits per heavy atom. The first kappa shape index (κ1) is 17.2. The minimum absolute atomic E-state index is 0.235. The molecule has 0 aromatic heterocycles. The third kappa shape index (κ3) is 3.03. The van der Waals surface area contributed by atoms with Gasteiger partial charge in [0, 0.05) is 0 Å². The summed E-state index contributed by atoms with van der Waals surface area (Å²) in [7, 11) is 0. The first-order valence-electron chi connectivity index (χ1n) is 8.00. The average Bonchev–Trinajstić information content (AvgIpc) is 2.81. The molecular formula is C17H18Cl2N2O3. The number of nitrogens with one attached hydrogen (secondary N) is 1. The number of fused-ring (bicyclic) bond motifs is 1. The van der Waals surface area contributed by atoms with Gasteiger partial charge in [0.25, 0.3) is 0 Å². The van der Waals surface area contributed by atoms with Crippen LogP contribution < -0.4 is 5.32 Å². The Kier molecular flexibility index (Phi) is 4.83. The van der Waals surface area contributed by atoms with Crippen molar-refractivity contribution in [1.29, 1.82) is 0 Å². The van der Waals surface area contributed by atoms with E-state index in [1.807, 2.05) is 0 Å². The minimum atomic E-state index is -0.482. The number of hydrogen-bond acceptors (Lipinski definition) is 3. The number of anilines is 1. The van der Waals surface area contributed by atoms with Crippen LogP contribution in [0.4, 0.5) is 5.69 Å². The monoisotopic (exact) mass is 368 g/mol. The van der Waals surface area contributed by atoms with Gasteiger partial charge in [-0.25, -0.2) is 0 Å². The van der Waals surface area contributed by atoms with Gasteiger partial charge < -0.3 is 5.32 Å². The Morgan fingerprint density at radius 1 is 1.17 bits per heavy atom. The number of carbonyl (C=O) groups excluding carboxylic acids is 3. The van der Waals surface area contributed by atoms with Crippen LogP contribution in [-0.2, 0) is 14.4 Å². The molecule has 1 aromatic carbocycles. The number of likely N-dealkylation sites (tertiary alicyclic amines) is 1. The molecule has 1 aliphatic carbocycles. The highest BCUT2D eigenvalue weighted by atomic mass is 35.5. The van der Waals surface area contributed by atoms with Crippen LogP contribution in [0.1, 0.15) is 31.2 Å². The summed E-state index contributed by atoms with van der Waals surface area (Å²) in [4.78, 5) is 38.2. The van der Waals surface area contributed by atoms with Crippen LogP contribution in [-0.4, -0.2) is 29.2 Å². The molecule has 24 heavy (non-hydrogen) atoms. The van der Waals surface area contributed by atoms with Crippen LogP contribution in [0.15, 0.2) is 12.1 Å². The van der Waals surface area contributed by atoms with Crippen LogP contribution in [0.2, 0.25) is 10.0 Å². The van der Waals surface area contributed by atoms with Gasteiger partial charge >= 0.3 is 0 Å². The maximum atomic E-state index is 12.4. The lowest BCUT2D eigenvalue weighted by Crippen LogP contribution is -2.38. The molecule has 1 aliphatic heterocycles. The predicted molar refractivity (Wildman–Crippen MR) is 92.0 cm³/mol. The summed E-state index contributed by atoms with van der Waals surface area (Å²) < 4.78 is 0. The van der Waals surface area contributed by atoms with E-state index >= 15 is 0 Å². The maximum absolute atomic E-state index is 12.4. The van der Waals surface area contributed by atoms with Gasteiger partial charge in [0.15, 0.2) is 0 Å². The number of carbonyl (C=O) groups is 3. The molecule has 0 bridgehead atoms. The molecule has 0 unspecified atom stereocenters. The lowest BCUT2D eigenvalue weighted by atomic mass is 9.81. The smallest absolute Gasteiger partial charge is 0.244 e. The fraction of sp³-hybridized carbons (Fsp3) is 0.471. The van der Waals surface area contributed by atoms with Crippen molar-refractivity contribution in [3.05, 3.63) is 27.7 Å². The quantitative estimate of drug-likeness (QED) is 0.831. The summed E-state index contributed by atoms with van der Waals surface area (Å²) in [5.41, 5.74) is 1.08. The van der Waals surface area contributed by atoms with Gasteiger partial charge in [0.2, 0.25) is 17.7 Å². The largest absolute Gasteiger partial charge is 0.322 e. The fourth-order valence-electron chi connectivity index (χ4n) is 3.48. The summed E-state index contributed by atoms with van der Waals surface area (Å²) >= 11 is 12.2. The molecule has 3 rings (SSSR count). The molecule has 5 nitrogen and oxygen atoms in total. The van der Waals surface area contributed by atoms with Gasteiger partial charge in [-0.05, 0) is 31.4 Å². The SMILES string of the molecule is Cc1ccc(Cl)c(NC(=O)CN2C(=O)[C@H]3CCCC[C@H]3C2=O)c1Cl. The normalized spacial score (nSPS) is 23.4. The Labute approximate surface area is 150 Å².